The van der Waals surface area contributed by atoms with Crippen LogP contribution in [0.3, 0.4) is 0 Å². The summed E-state index contributed by atoms with van der Waals surface area (Å²) < 4.78 is 12.5. The van der Waals surface area contributed by atoms with Crippen molar-refractivity contribution < 1.29 is 14.3 Å². The van der Waals surface area contributed by atoms with E-state index in [-0.39, 0.29) is 5.91 Å². The Morgan fingerprint density at radius 1 is 0.966 bits per heavy atom. The minimum atomic E-state index is -0.224. The molecule has 1 amide bonds. The van der Waals surface area contributed by atoms with Crippen molar-refractivity contribution in [3.63, 3.8) is 0 Å². The highest BCUT2D eigenvalue weighted by atomic mass is 79.9. The van der Waals surface area contributed by atoms with E-state index in [9.17, 15) is 4.79 Å². The van der Waals surface area contributed by atoms with Crippen molar-refractivity contribution in [1.29, 1.82) is 0 Å². The van der Waals surface area contributed by atoms with Gasteiger partial charge in [-0.2, -0.15) is 0 Å². The molecule has 0 heterocycles. The number of hydrogen-bond acceptors (Lipinski definition) is 3. The second-order valence-corrected chi connectivity index (χ2v) is 7.51. The van der Waals surface area contributed by atoms with Crippen LogP contribution in [-0.2, 0) is 6.61 Å². The van der Waals surface area contributed by atoms with Crippen LogP contribution in [0, 0.1) is 0 Å². The molecule has 0 saturated carbocycles. The topological polar surface area (TPSA) is 47.6 Å². The molecule has 0 saturated heterocycles. The van der Waals surface area contributed by atoms with Crippen molar-refractivity contribution in [1.82, 2.24) is 0 Å². The molecule has 0 spiro atoms. The number of benzene rings is 3. The molecule has 3 aromatic carbocycles. The third kappa shape index (κ3) is 6.36. The van der Waals surface area contributed by atoms with E-state index >= 15 is 0 Å². The molecule has 29 heavy (non-hydrogen) atoms. The summed E-state index contributed by atoms with van der Waals surface area (Å²) in [7, 11) is 0. The van der Waals surface area contributed by atoms with Crippen LogP contribution in [0.5, 0.6) is 11.5 Å². The Morgan fingerprint density at radius 3 is 2.59 bits per heavy atom. The van der Waals surface area contributed by atoms with Crippen LogP contribution in [-0.4, -0.2) is 12.5 Å². The lowest BCUT2D eigenvalue weighted by atomic mass is 10.1. The van der Waals surface area contributed by atoms with Crippen molar-refractivity contribution in [2.24, 2.45) is 0 Å². The monoisotopic (exact) mass is 453 g/mol. The zero-order valence-corrected chi connectivity index (χ0v) is 17.9. The van der Waals surface area contributed by atoms with Gasteiger partial charge in [-0.1, -0.05) is 65.7 Å². The van der Waals surface area contributed by atoms with Gasteiger partial charge in [0.25, 0.3) is 5.91 Å². The maximum Gasteiger partial charge on any atom is 0.259 e. The molecule has 4 nitrogen and oxygen atoms in total. The standard InChI is InChI=1S/C24H24BrNO3/c1-2-3-14-28-23-13-12-19(25)15-22(23)24(27)26-20-10-7-11-21(16-20)29-17-18-8-5-4-6-9-18/h4-13,15-16H,2-3,14,17H2,1H3,(H,26,27). The molecule has 150 valence electrons. The first-order chi connectivity index (χ1) is 14.2. The SMILES string of the molecule is CCCCOc1ccc(Br)cc1C(=O)Nc1cccc(OCc2ccccc2)c1. The van der Waals surface area contributed by atoms with Gasteiger partial charge < -0.3 is 14.8 Å². The Kier molecular flexibility index (Phi) is 7.70. The van der Waals surface area contributed by atoms with Gasteiger partial charge in [0.05, 0.1) is 12.2 Å². The first-order valence-corrected chi connectivity index (χ1v) is 10.5. The van der Waals surface area contributed by atoms with Gasteiger partial charge in [-0.05, 0) is 42.3 Å². The lowest BCUT2D eigenvalue weighted by molar-refractivity contribution is 0.102. The van der Waals surface area contributed by atoms with E-state index < -0.39 is 0 Å². The van der Waals surface area contributed by atoms with Gasteiger partial charge in [0, 0.05) is 16.2 Å². The van der Waals surface area contributed by atoms with E-state index in [1.807, 2.05) is 66.7 Å². The first-order valence-electron chi connectivity index (χ1n) is 9.66. The summed E-state index contributed by atoms with van der Waals surface area (Å²) in [4.78, 5) is 12.9. The zero-order chi connectivity index (χ0) is 20.5. The molecule has 0 aliphatic carbocycles. The number of hydrogen-bond donors (Lipinski definition) is 1. The van der Waals surface area contributed by atoms with Crippen molar-refractivity contribution in [2.45, 2.75) is 26.4 Å². The van der Waals surface area contributed by atoms with Gasteiger partial charge in [-0.15, -0.1) is 0 Å². The quantitative estimate of drug-likeness (QED) is 0.378. The van der Waals surface area contributed by atoms with Crippen molar-refractivity contribution in [2.75, 3.05) is 11.9 Å². The molecule has 3 aromatic rings. The number of carbonyl (C=O) groups is 1. The van der Waals surface area contributed by atoms with E-state index in [2.05, 4.69) is 28.2 Å². The fourth-order valence-electron chi connectivity index (χ4n) is 2.73. The fourth-order valence-corrected chi connectivity index (χ4v) is 3.10. The highest BCUT2D eigenvalue weighted by Gasteiger charge is 2.14. The van der Waals surface area contributed by atoms with E-state index in [1.54, 1.807) is 6.07 Å². The van der Waals surface area contributed by atoms with Crippen LogP contribution in [0.1, 0.15) is 35.7 Å². The van der Waals surface area contributed by atoms with Gasteiger partial charge >= 0.3 is 0 Å². The summed E-state index contributed by atoms with van der Waals surface area (Å²) in [5.41, 5.74) is 2.25. The summed E-state index contributed by atoms with van der Waals surface area (Å²) in [6, 6.07) is 22.8. The number of anilines is 1. The number of unbranched alkanes of at least 4 members (excludes halogenated alkanes) is 1. The number of halogens is 1. The number of amides is 1. The molecule has 3 rings (SSSR count). The number of ether oxygens (including phenoxy) is 2. The number of rotatable bonds is 9. The molecule has 1 N–H and O–H groups in total. The molecule has 0 aromatic heterocycles. The Bertz CT molecular complexity index is 944. The molecule has 0 atom stereocenters. The minimum Gasteiger partial charge on any atom is -0.493 e. The van der Waals surface area contributed by atoms with E-state index in [4.69, 9.17) is 9.47 Å². The Balaban J connectivity index is 1.68. The summed E-state index contributed by atoms with van der Waals surface area (Å²) in [6.45, 7) is 3.16. The van der Waals surface area contributed by atoms with Gasteiger partial charge in [0.2, 0.25) is 0 Å². The minimum absolute atomic E-state index is 0.224. The Morgan fingerprint density at radius 2 is 1.79 bits per heavy atom. The van der Waals surface area contributed by atoms with Crippen LogP contribution in [0.15, 0.2) is 77.3 Å². The Labute approximate surface area is 180 Å². The predicted octanol–water partition coefficient (Wildman–Crippen LogP) is 6.46. The summed E-state index contributed by atoms with van der Waals surface area (Å²) in [5.74, 6) is 1.05. The molecule has 0 radical (unpaired) electrons. The molecular formula is C24H24BrNO3. The zero-order valence-electron chi connectivity index (χ0n) is 16.4. The van der Waals surface area contributed by atoms with Crippen LogP contribution in [0.25, 0.3) is 0 Å². The highest BCUT2D eigenvalue weighted by molar-refractivity contribution is 9.10. The van der Waals surface area contributed by atoms with Gasteiger partial charge in [0.1, 0.15) is 18.1 Å². The van der Waals surface area contributed by atoms with Crippen LogP contribution < -0.4 is 14.8 Å². The first kappa shape index (κ1) is 20.9. The second-order valence-electron chi connectivity index (χ2n) is 6.60. The van der Waals surface area contributed by atoms with Crippen LogP contribution >= 0.6 is 15.9 Å². The third-order valence-electron chi connectivity index (χ3n) is 4.28. The average Bonchev–Trinajstić information content (AvgIpc) is 2.74. The smallest absolute Gasteiger partial charge is 0.259 e. The summed E-state index contributed by atoms with van der Waals surface area (Å²) in [5, 5.41) is 2.94. The van der Waals surface area contributed by atoms with Crippen molar-refractivity contribution in [3.8, 4) is 11.5 Å². The van der Waals surface area contributed by atoms with E-state index in [1.165, 1.54) is 0 Å². The van der Waals surface area contributed by atoms with Gasteiger partial charge in [0.15, 0.2) is 0 Å². The molecule has 0 bridgehead atoms. The average molecular weight is 454 g/mol. The van der Waals surface area contributed by atoms with Crippen LogP contribution in [0.4, 0.5) is 5.69 Å². The van der Waals surface area contributed by atoms with E-state index in [0.29, 0.717) is 36.0 Å². The Hall–Kier alpha value is -2.79. The van der Waals surface area contributed by atoms with Crippen molar-refractivity contribution >= 4 is 27.5 Å². The molecule has 0 aliphatic heterocycles. The molecular weight excluding hydrogens is 430 g/mol. The second kappa shape index (κ2) is 10.7. The molecule has 0 unspecified atom stereocenters. The normalized spacial score (nSPS) is 10.4. The molecule has 0 aliphatic rings. The number of carbonyl (C=O) groups excluding carboxylic acids is 1. The predicted molar refractivity (Wildman–Crippen MR) is 120 cm³/mol. The number of nitrogens with one attached hydrogen (secondary N) is 1. The maximum atomic E-state index is 12.9. The highest BCUT2D eigenvalue weighted by Crippen LogP contribution is 2.26. The largest absolute Gasteiger partial charge is 0.493 e. The summed E-state index contributed by atoms with van der Waals surface area (Å²) >= 11 is 3.43. The summed E-state index contributed by atoms with van der Waals surface area (Å²) in [6.07, 6.45) is 1.98. The van der Waals surface area contributed by atoms with Gasteiger partial charge in [-0.25, -0.2) is 0 Å². The van der Waals surface area contributed by atoms with E-state index in [0.717, 1.165) is 22.9 Å². The molecule has 0 fully saturated rings. The van der Waals surface area contributed by atoms with Gasteiger partial charge in [-0.3, -0.25) is 4.79 Å². The lowest BCUT2D eigenvalue weighted by Crippen LogP contribution is -2.14. The molecule has 5 heteroatoms. The van der Waals surface area contributed by atoms with Crippen LogP contribution in [0.2, 0.25) is 0 Å². The lowest BCUT2D eigenvalue weighted by Gasteiger charge is -2.13. The fraction of sp³-hybridized carbons (Fsp3) is 0.208. The third-order valence-corrected chi connectivity index (χ3v) is 4.78. The maximum absolute atomic E-state index is 12.9. The van der Waals surface area contributed by atoms with Crippen molar-refractivity contribution in [3.05, 3.63) is 88.4 Å².